The maximum atomic E-state index is 6.48. The van der Waals surface area contributed by atoms with Crippen LogP contribution in [0, 0.1) is 11.8 Å². The standard InChI is InChI=1S/C22H34BrNO3/c1-14-7-8-17-19(11-14)27-15(2)24(22(17,3)4)10-9-16-12-20(25-5)21(26-6)13-18(16)23/h12-15,17,19H,7-11H2,1-6H3/t14-,15+,17-,19-/m1/s1. The van der Waals surface area contributed by atoms with Crippen LogP contribution < -0.4 is 9.47 Å². The summed E-state index contributed by atoms with van der Waals surface area (Å²) in [4.78, 5) is 2.55. The quantitative estimate of drug-likeness (QED) is 0.624. The van der Waals surface area contributed by atoms with Crippen molar-refractivity contribution in [3.63, 3.8) is 0 Å². The molecule has 0 aromatic heterocycles. The largest absolute Gasteiger partial charge is 0.493 e. The minimum atomic E-state index is 0.144. The topological polar surface area (TPSA) is 30.9 Å². The van der Waals surface area contributed by atoms with Gasteiger partial charge in [0.05, 0.1) is 20.3 Å². The Morgan fingerprint density at radius 2 is 1.81 bits per heavy atom. The lowest BCUT2D eigenvalue weighted by atomic mass is 9.70. The average molecular weight is 440 g/mol. The molecule has 2 fully saturated rings. The van der Waals surface area contributed by atoms with E-state index < -0.39 is 0 Å². The van der Waals surface area contributed by atoms with Gasteiger partial charge < -0.3 is 14.2 Å². The molecule has 0 spiro atoms. The average Bonchev–Trinajstić information content (AvgIpc) is 2.61. The van der Waals surface area contributed by atoms with Crippen molar-refractivity contribution in [1.29, 1.82) is 0 Å². The summed E-state index contributed by atoms with van der Waals surface area (Å²) in [5, 5.41) is 0. The predicted octanol–water partition coefficient (Wildman–Crippen LogP) is 5.27. The van der Waals surface area contributed by atoms with E-state index in [0.29, 0.717) is 12.0 Å². The lowest BCUT2D eigenvalue weighted by Gasteiger charge is -2.56. The number of halogens is 1. The highest BCUT2D eigenvalue weighted by molar-refractivity contribution is 9.10. The normalized spacial score (nSPS) is 30.6. The van der Waals surface area contributed by atoms with Crippen molar-refractivity contribution in [1.82, 2.24) is 4.90 Å². The molecule has 1 saturated heterocycles. The molecule has 1 heterocycles. The Balaban J connectivity index is 1.75. The first-order chi connectivity index (χ1) is 12.8. The number of hydrogen-bond acceptors (Lipinski definition) is 4. The molecule has 1 aromatic carbocycles. The first-order valence-corrected chi connectivity index (χ1v) is 10.9. The molecule has 1 aromatic rings. The van der Waals surface area contributed by atoms with Crippen molar-refractivity contribution < 1.29 is 14.2 Å². The monoisotopic (exact) mass is 439 g/mol. The molecule has 0 N–H and O–H groups in total. The van der Waals surface area contributed by atoms with Crippen molar-refractivity contribution in [2.75, 3.05) is 20.8 Å². The van der Waals surface area contributed by atoms with E-state index in [4.69, 9.17) is 14.2 Å². The van der Waals surface area contributed by atoms with E-state index >= 15 is 0 Å². The first kappa shape index (κ1) is 20.9. The molecule has 0 unspecified atom stereocenters. The molecular formula is C22H34BrNO3. The Hall–Kier alpha value is -0.780. The summed E-state index contributed by atoms with van der Waals surface area (Å²) < 4.78 is 18.4. The van der Waals surface area contributed by atoms with Gasteiger partial charge in [0.15, 0.2) is 11.5 Å². The zero-order valence-electron chi connectivity index (χ0n) is 17.5. The fourth-order valence-electron chi connectivity index (χ4n) is 5.09. The highest BCUT2D eigenvalue weighted by Gasteiger charge is 2.49. The summed E-state index contributed by atoms with van der Waals surface area (Å²) in [6, 6.07) is 4.07. The Labute approximate surface area is 172 Å². The van der Waals surface area contributed by atoms with Crippen LogP contribution in [-0.2, 0) is 11.2 Å². The second kappa shape index (κ2) is 8.30. The van der Waals surface area contributed by atoms with Crippen LogP contribution in [0.25, 0.3) is 0 Å². The molecule has 4 atom stereocenters. The van der Waals surface area contributed by atoms with Gasteiger partial charge in [0.1, 0.15) is 6.23 Å². The number of fused-ring (bicyclic) bond motifs is 1. The first-order valence-electron chi connectivity index (χ1n) is 10.1. The van der Waals surface area contributed by atoms with Gasteiger partial charge in [-0.05, 0) is 63.6 Å². The number of nitrogens with zero attached hydrogens (tertiary/aromatic N) is 1. The Bertz CT molecular complexity index is 663. The summed E-state index contributed by atoms with van der Waals surface area (Å²) in [5.74, 6) is 2.92. The van der Waals surface area contributed by atoms with Crippen molar-refractivity contribution in [3.8, 4) is 11.5 Å². The third-order valence-corrected chi connectivity index (χ3v) is 7.43. The van der Waals surface area contributed by atoms with Crippen LogP contribution in [0.3, 0.4) is 0 Å². The van der Waals surface area contributed by atoms with Crippen molar-refractivity contribution in [2.45, 2.75) is 71.2 Å². The van der Waals surface area contributed by atoms with Crippen LogP contribution >= 0.6 is 15.9 Å². The molecule has 5 heteroatoms. The minimum absolute atomic E-state index is 0.144. The van der Waals surface area contributed by atoms with E-state index in [-0.39, 0.29) is 11.8 Å². The van der Waals surface area contributed by atoms with Gasteiger partial charge in [-0.2, -0.15) is 0 Å². The third kappa shape index (κ3) is 4.15. The van der Waals surface area contributed by atoms with Crippen LogP contribution in [-0.4, -0.2) is 43.5 Å². The van der Waals surface area contributed by atoms with Crippen LogP contribution in [0.1, 0.15) is 52.5 Å². The molecule has 3 rings (SSSR count). The van der Waals surface area contributed by atoms with Gasteiger partial charge in [0.2, 0.25) is 0 Å². The maximum absolute atomic E-state index is 6.48. The van der Waals surface area contributed by atoms with E-state index in [1.54, 1.807) is 14.2 Å². The summed E-state index contributed by atoms with van der Waals surface area (Å²) >= 11 is 3.70. The minimum Gasteiger partial charge on any atom is -0.493 e. The lowest BCUT2D eigenvalue weighted by Crippen LogP contribution is -2.64. The molecule has 152 valence electrons. The van der Waals surface area contributed by atoms with Crippen molar-refractivity contribution in [3.05, 3.63) is 22.2 Å². The zero-order chi connectivity index (χ0) is 19.8. The SMILES string of the molecule is COc1cc(Br)c(CCN2[C@H](C)O[C@@H]3C[C@H](C)CC[C@H]3C2(C)C)cc1OC. The highest BCUT2D eigenvalue weighted by Crippen LogP contribution is 2.45. The molecule has 27 heavy (non-hydrogen) atoms. The summed E-state index contributed by atoms with van der Waals surface area (Å²) in [6.45, 7) is 10.3. The molecular weight excluding hydrogens is 406 g/mol. The van der Waals surface area contributed by atoms with Gasteiger partial charge in [-0.25, -0.2) is 0 Å². The number of hydrogen-bond donors (Lipinski definition) is 0. The smallest absolute Gasteiger partial charge is 0.161 e. The summed E-state index contributed by atoms with van der Waals surface area (Å²) in [5.41, 5.74) is 1.38. The van der Waals surface area contributed by atoms with Gasteiger partial charge in [0.25, 0.3) is 0 Å². The van der Waals surface area contributed by atoms with E-state index in [1.807, 2.05) is 6.07 Å². The van der Waals surface area contributed by atoms with Crippen molar-refractivity contribution in [2.24, 2.45) is 11.8 Å². The molecule has 2 aliphatic rings. The second-order valence-electron chi connectivity index (χ2n) is 8.69. The molecule has 1 saturated carbocycles. The predicted molar refractivity (Wildman–Crippen MR) is 113 cm³/mol. The Morgan fingerprint density at radius 1 is 1.15 bits per heavy atom. The zero-order valence-corrected chi connectivity index (χ0v) is 19.1. The fraction of sp³-hybridized carbons (Fsp3) is 0.727. The molecule has 0 radical (unpaired) electrons. The van der Waals surface area contributed by atoms with E-state index in [9.17, 15) is 0 Å². The van der Waals surface area contributed by atoms with Crippen LogP contribution in [0.4, 0.5) is 0 Å². The molecule has 1 aliphatic heterocycles. The van der Waals surface area contributed by atoms with Gasteiger partial charge in [-0.1, -0.05) is 29.3 Å². The molecule has 4 nitrogen and oxygen atoms in total. The van der Waals surface area contributed by atoms with Crippen LogP contribution in [0.5, 0.6) is 11.5 Å². The highest BCUT2D eigenvalue weighted by atomic mass is 79.9. The number of benzene rings is 1. The van der Waals surface area contributed by atoms with Gasteiger partial charge in [-0.3, -0.25) is 4.90 Å². The van der Waals surface area contributed by atoms with Crippen LogP contribution in [0.2, 0.25) is 0 Å². The summed E-state index contributed by atoms with van der Waals surface area (Å²) in [7, 11) is 3.35. The second-order valence-corrected chi connectivity index (χ2v) is 9.55. The molecule has 1 aliphatic carbocycles. The Kier molecular flexibility index (Phi) is 6.44. The van der Waals surface area contributed by atoms with Gasteiger partial charge in [-0.15, -0.1) is 0 Å². The third-order valence-electron chi connectivity index (χ3n) is 6.69. The number of ether oxygens (including phenoxy) is 3. The lowest BCUT2D eigenvalue weighted by molar-refractivity contribution is -0.226. The summed E-state index contributed by atoms with van der Waals surface area (Å²) in [6.07, 6.45) is 5.27. The van der Waals surface area contributed by atoms with E-state index in [0.717, 1.165) is 34.9 Å². The maximum Gasteiger partial charge on any atom is 0.161 e. The fourth-order valence-corrected chi connectivity index (χ4v) is 5.61. The van der Waals surface area contributed by atoms with Crippen molar-refractivity contribution >= 4 is 15.9 Å². The number of rotatable bonds is 5. The molecule has 0 bridgehead atoms. The van der Waals surface area contributed by atoms with Gasteiger partial charge >= 0.3 is 0 Å². The van der Waals surface area contributed by atoms with Gasteiger partial charge in [0, 0.05) is 22.5 Å². The van der Waals surface area contributed by atoms with E-state index in [2.05, 4.69) is 54.6 Å². The van der Waals surface area contributed by atoms with Crippen LogP contribution in [0.15, 0.2) is 16.6 Å². The van der Waals surface area contributed by atoms with E-state index in [1.165, 1.54) is 24.8 Å². The molecule has 0 amide bonds. The number of methoxy groups -OCH3 is 2. The Morgan fingerprint density at radius 3 is 2.48 bits per heavy atom.